The molecule has 1 fully saturated rings. The SMILES string of the molecule is Cc1ccc(C)c(Cc2c(C)nc(C)nc2N2CCN(CC(O)COC(C)C)CC2)c1. The Hall–Kier alpha value is -2.02. The lowest BCUT2D eigenvalue weighted by atomic mass is 9.97. The van der Waals surface area contributed by atoms with E-state index in [-0.39, 0.29) is 6.10 Å². The number of anilines is 1. The van der Waals surface area contributed by atoms with Gasteiger partial charge in [0.25, 0.3) is 0 Å². The van der Waals surface area contributed by atoms with Gasteiger partial charge in [0.1, 0.15) is 11.6 Å². The number of benzene rings is 1. The van der Waals surface area contributed by atoms with Gasteiger partial charge in [0.2, 0.25) is 0 Å². The van der Waals surface area contributed by atoms with Crippen molar-refractivity contribution in [1.82, 2.24) is 14.9 Å². The maximum absolute atomic E-state index is 10.3. The van der Waals surface area contributed by atoms with Gasteiger partial charge in [0, 0.05) is 50.4 Å². The summed E-state index contributed by atoms with van der Waals surface area (Å²) >= 11 is 0. The molecule has 1 aromatic carbocycles. The number of aliphatic hydroxyl groups is 1. The number of ether oxygens (including phenoxy) is 1. The molecular weight excluding hydrogens is 388 g/mol. The van der Waals surface area contributed by atoms with Gasteiger partial charge in [-0.25, -0.2) is 9.97 Å². The van der Waals surface area contributed by atoms with Gasteiger partial charge in [-0.1, -0.05) is 23.8 Å². The molecule has 2 aromatic rings. The summed E-state index contributed by atoms with van der Waals surface area (Å²) in [5, 5.41) is 10.3. The Morgan fingerprint density at radius 3 is 2.42 bits per heavy atom. The first kappa shape index (κ1) is 23.6. The lowest BCUT2D eigenvalue weighted by Crippen LogP contribution is -2.49. The van der Waals surface area contributed by atoms with Crippen molar-refractivity contribution in [2.75, 3.05) is 44.2 Å². The molecule has 1 atom stereocenters. The van der Waals surface area contributed by atoms with Crippen molar-refractivity contribution in [1.29, 1.82) is 0 Å². The van der Waals surface area contributed by atoms with Gasteiger partial charge in [-0.2, -0.15) is 0 Å². The Morgan fingerprint density at radius 2 is 1.74 bits per heavy atom. The van der Waals surface area contributed by atoms with Crippen molar-refractivity contribution in [3.05, 3.63) is 52.0 Å². The fourth-order valence-corrected chi connectivity index (χ4v) is 4.16. The molecule has 1 saturated heterocycles. The van der Waals surface area contributed by atoms with Gasteiger partial charge in [0.15, 0.2) is 0 Å². The average molecular weight is 427 g/mol. The summed E-state index contributed by atoms with van der Waals surface area (Å²) in [5.41, 5.74) is 6.20. The Balaban J connectivity index is 1.71. The van der Waals surface area contributed by atoms with Crippen LogP contribution in [0.1, 0.15) is 47.6 Å². The number of β-amino-alcohol motifs (C(OH)–C–C–N with tert-alkyl or cyclic N) is 1. The second-order valence-electron chi connectivity index (χ2n) is 9.09. The molecule has 1 aliphatic heterocycles. The highest BCUT2D eigenvalue weighted by molar-refractivity contribution is 5.52. The molecule has 0 saturated carbocycles. The van der Waals surface area contributed by atoms with Crippen molar-refractivity contribution in [3.8, 4) is 0 Å². The minimum absolute atomic E-state index is 0.145. The first-order valence-corrected chi connectivity index (χ1v) is 11.4. The summed E-state index contributed by atoms with van der Waals surface area (Å²) in [5.74, 6) is 1.88. The van der Waals surface area contributed by atoms with E-state index in [0.717, 1.165) is 49.9 Å². The quantitative estimate of drug-likeness (QED) is 0.699. The monoisotopic (exact) mass is 426 g/mol. The van der Waals surface area contributed by atoms with E-state index in [1.807, 2.05) is 20.8 Å². The first-order valence-electron chi connectivity index (χ1n) is 11.4. The van der Waals surface area contributed by atoms with Crippen LogP contribution in [0.15, 0.2) is 18.2 Å². The number of aromatic nitrogens is 2. The molecular formula is C25H38N4O2. The third-order valence-electron chi connectivity index (χ3n) is 5.94. The molecule has 1 aliphatic rings. The van der Waals surface area contributed by atoms with Gasteiger partial charge in [-0.15, -0.1) is 0 Å². The number of piperazine rings is 1. The molecule has 31 heavy (non-hydrogen) atoms. The zero-order chi connectivity index (χ0) is 22.5. The Labute approximate surface area is 187 Å². The smallest absolute Gasteiger partial charge is 0.136 e. The van der Waals surface area contributed by atoms with Crippen LogP contribution < -0.4 is 4.90 Å². The fourth-order valence-electron chi connectivity index (χ4n) is 4.16. The molecule has 0 bridgehead atoms. The van der Waals surface area contributed by atoms with E-state index in [1.165, 1.54) is 22.3 Å². The van der Waals surface area contributed by atoms with Crippen molar-refractivity contribution < 1.29 is 9.84 Å². The van der Waals surface area contributed by atoms with Gasteiger partial charge >= 0.3 is 0 Å². The minimum atomic E-state index is -0.447. The molecule has 6 nitrogen and oxygen atoms in total. The minimum Gasteiger partial charge on any atom is -0.389 e. The second kappa shape index (κ2) is 10.5. The largest absolute Gasteiger partial charge is 0.389 e. The normalized spacial score (nSPS) is 16.2. The van der Waals surface area contributed by atoms with E-state index in [9.17, 15) is 5.11 Å². The third-order valence-corrected chi connectivity index (χ3v) is 5.94. The zero-order valence-corrected chi connectivity index (χ0v) is 20.0. The van der Waals surface area contributed by atoms with Crippen LogP contribution in [-0.4, -0.2) is 71.5 Å². The van der Waals surface area contributed by atoms with Crippen molar-refractivity contribution in [2.45, 2.75) is 60.2 Å². The topological polar surface area (TPSA) is 61.7 Å². The number of aryl methyl sites for hydroxylation is 4. The number of aliphatic hydroxyl groups excluding tert-OH is 1. The number of hydrogen-bond acceptors (Lipinski definition) is 6. The number of hydrogen-bond donors (Lipinski definition) is 1. The van der Waals surface area contributed by atoms with Crippen LogP contribution in [0.2, 0.25) is 0 Å². The van der Waals surface area contributed by atoms with Crippen molar-refractivity contribution >= 4 is 5.82 Å². The molecule has 170 valence electrons. The molecule has 6 heteroatoms. The van der Waals surface area contributed by atoms with E-state index in [4.69, 9.17) is 9.72 Å². The van der Waals surface area contributed by atoms with E-state index in [0.29, 0.717) is 13.2 Å². The van der Waals surface area contributed by atoms with Crippen LogP contribution in [0.25, 0.3) is 0 Å². The second-order valence-corrected chi connectivity index (χ2v) is 9.09. The van der Waals surface area contributed by atoms with E-state index in [1.54, 1.807) is 0 Å². The van der Waals surface area contributed by atoms with Crippen LogP contribution in [0.5, 0.6) is 0 Å². The Kier molecular flexibility index (Phi) is 8.03. The molecule has 2 heterocycles. The van der Waals surface area contributed by atoms with Gasteiger partial charge in [0.05, 0.1) is 18.8 Å². The van der Waals surface area contributed by atoms with Crippen LogP contribution in [0.4, 0.5) is 5.82 Å². The molecule has 0 radical (unpaired) electrons. The lowest BCUT2D eigenvalue weighted by molar-refractivity contribution is -0.00901. The predicted molar refractivity (Wildman–Crippen MR) is 126 cm³/mol. The summed E-state index contributed by atoms with van der Waals surface area (Å²) in [6.45, 7) is 17.0. The molecule has 3 rings (SSSR count). The molecule has 1 aromatic heterocycles. The lowest BCUT2D eigenvalue weighted by Gasteiger charge is -2.37. The van der Waals surface area contributed by atoms with Gasteiger partial charge < -0.3 is 14.7 Å². The molecule has 1 unspecified atom stereocenters. The summed E-state index contributed by atoms with van der Waals surface area (Å²) in [6.07, 6.45) is 0.545. The summed E-state index contributed by atoms with van der Waals surface area (Å²) in [6, 6.07) is 6.64. The van der Waals surface area contributed by atoms with Gasteiger partial charge in [-0.3, -0.25) is 4.90 Å². The van der Waals surface area contributed by atoms with Crippen molar-refractivity contribution in [3.63, 3.8) is 0 Å². The van der Waals surface area contributed by atoms with Crippen molar-refractivity contribution in [2.24, 2.45) is 0 Å². The zero-order valence-electron chi connectivity index (χ0n) is 20.0. The average Bonchev–Trinajstić information content (AvgIpc) is 2.71. The van der Waals surface area contributed by atoms with E-state index < -0.39 is 6.10 Å². The number of rotatable bonds is 8. The Bertz CT molecular complexity index is 876. The third kappa shape index (κ3) is 6.48. The highest BCUT2D eigenvalue weighted by atomic mass is 16.5. The fraction of sp³-hybridized carbons (Fsp3) is 0.600. The first-order chi connectivity index (χ1) is 14.7. The molecule has 1 N–H and O–H groups in total. The van der Waals surface area contributed by atoms with Crippen LogP contribution >= 0.6 is 0 Å². The maximum Gasteiger partial charge on any atom is 0.136 e. The highest BCUT2D eigenvalue weighted by Gasteiger charge is 2.24. The number of nitrogens with zero attached hydrogens (tertiary/aromatic N) is 4. The molecule has 0 spiro atoms. The van der Waals surface area contributed by atoms with Crippen LogP contribution in [0, 0.1) is 27.7 Å². The van der Waals surface area contributed by atoms with E-state index >= 15 is 0 Å². The van der Waals surface area contributed by atoms with E-state index in [2.05, 4.69) is 53.8 Å². The Morgan fingerprint density at radius 1 is 1.03 bits per heavy atom. The van der Waals surface area contributed by atoms with Crippen LogP contribution in [-0.2, 0) is 11.2 Å². The maximum atomic E-state index is 10.3. The molecule has 0 amide bonds. The highest BCUT2D eigenvalue weighted by Crippen LogP contribution is 2.26. The molecule has 0 aliphatic carbocycles. The summed E-state index contributed by atoms with van der Waals surface area (Å²) in [7, 11) is 0. The summed E-state index contributed by atoms with van der Waals surface area (Å²) < 4.78 is 5.55. The summed E-state index contributed by atoms with van der Waals surface area (Å²) in [4.78, 5) is 14.2. The van der Waals surface area contributed by atoms with Gasteiger partial charge in [-0.05, 0) is 52.7 Å². The standard InChI is InChI=1S/C25H38N4O2/c1-17(2)31-16-23(30)15-28-9-11-29(12-10-28)25-24(20(5)26-21(6)27-25)14-22-13-18(3)7-8-19(22)4/h7-8,13,17,23,30H,9-12,14-16H2,1-6H3. The van der Waals surface area contributed by atoms with Crippen LogP contribution in [0.3, 0.4) is 0 Å². The predicted octanol–water partition coefficient (Wildman–Crippen LogP) is 3.21.